The van der Waals surface area contributed by atoms with Crippen molar-refractivity contribution in [3.05, 3.63) is 77.4 Å². The Hall–Kier alpha value is -4.06. The van der Waals surface area contributed by atoms with E-state index < -0.39 is 35.7 Å². The summed E-state index contributed by atoms with van der Waals surface area (Å²) in [5.41, 5.74) is -0.731. The first-order chi connectivity index (χ1) is 23.9. The number of nitrogens with one attached hydrogen (secondary N) is 2. The smallest absolute Gasteiger partial charge is 0.416 e. The summed E-state index contributed by atoms with van der Waals surface area (Å²) in [4.78, 5) is 30.1. The van der Waals surface area contributed by atoms with Gasteiger partial charge in [-0.2, -0.15) is 13.2 Å². The Bertz CT molecular complexity index is 1830. The highest BCUT2D eigenvalue weighted by Crippen LogP contribution is 2.43. The molecule has 12 heteroatoms. The van der Waals surface area contributed by atoms with Crippen molar-refractivity contribution in [1.82, 2.24) is 4.98 Å². The highest BCUT2D eigenvalue weighted by Gasteiger charge is 2.33. The van der Waals surface area contributed by atoms with E-state index in [1.165, 1.54) is 80.2 Å². The number of alkyl halides is 3. The number of halogens is 5. The highest BCUT2D eigenvalue weighted by atomic mass is 32.1. The fourth-order valence-electron chi connectivity index (χ4n) is 7.51. The molecular formula is C38H40F5N3O3S. The molecule has 2 fully saturated rings. The number of nitrogens with zero attached hydrogens (tertiary/aromatic N) is 1. The van der Waals surface area contributed by atoms with Gasteiger partial charge in [0.05, 0.1) is 27.9 Å². The molecule has 0 unspecified atom stereocenters. The maximum Gasteiger partial charge on any atom is 0.416 e. The van der Waals surface area contributed by atoms with E-state index in [4.69, 9.17) is 4.74 Å². The maximum atomic E-state index is 15.1. The van der Waals surface area contributed by atoms with Crippen molar-refractivity contribution >= 4 is 44.2 Å². The van der Waals surface area contributed by atoms with Gasteiger partial charge < -0.3 is 15.4 Å². The average molecular weight is 714 g/mol. The van der Waals surface area contributed by atoms with Crippen molar-refractivity contribution < 1.29 is 36.3 Å². The maximum absolute atomic E-state index is 15.1. The van der Waals surface area contributed by atoms with Gasteiger partial charge in [-0.3, -0.25) is 9.59 Å². The molecular weight excluding hydrogens is 673 g/mol. The zero-order chi connectivity index (χ0) is 35.4. The molecule has 6 rings (SSSR count). The van der Waals surface area contributed by atoms with Gasteiger partial charge in [-0.15, -0.1) is 0 Å². The van der Waals surface area contributed by atoms with Gasteiger partial charge in [0.2, 0.25) is 11.8 Å². The molecule has 266 valence electrons. The number of benzene rings is 3. The summed E-state index contributed by atoms with van der Waals surface area (Å²) in [6.07, 6.45) is 6.74. The first kappa shape index (κ1) is 35.8. The fourth-order valence-corrected chi connectivity index (χ4v) is 8.39. The van der Waals surface area contributed by atoms with Crippen LogP contribution >= 0.6 is 11.3 Å². The van der Waals surface area contributed by atoms with Gasteiger partial charge in [-0.25, -0.2) is 13.8 Å². The van der Waals surface area contributed by atoms with E-state index in [2.05, 4.69) is 22.5 Å². The Morgan fingerprint density at radius 2 is 1.60 bits per heavy atom. The van der Waals surface area contributed by atoms with Crippen molar-refractivity contribution in [3.63, 3.8) is 0 Å². The van der Waals surface area contributed by atoms with Gasteiger partial charge in [0.15, 0.2) is 16.7 Å². The van der Waals surface area contributed by atoms with Crippen LogP contribution in [0.4, 0.5) is 32.8 Å². The van der Waals surface area contributed by atoms with Crippen LogP contribution in [0.1, 0.15) is 82.3 Å². The van der Waals surface area contributed by atoms with Crippen molar-refractivity contribution in [3.8, 4) is 11.5 Å². The number of amides is 2. The van der Waals surface area contributed by atoms with Gasteiger partial charge in [0.1, 0.15) is 11.6 Å². The van der Waals surface area contributed by atoms with E-state index in [1.807, 2.05) is 0 Å². The SMILES string of the molecule is CCCC1CCC(C2CCC(C(=O)Nc3nc4cc(F)c(Oc5ccc(F)c(NC(=O)Cc6cccc(C(F)(F)F)c6)c5)cc4s3)CC2)CC1. The second kappa shape index (κ2) is 15.4. The van der Waals surface area contributed by atoms with Crippen LogP contribution in [-0.4, -0.2) is 16.8 Å². The Morgan fingerprint density at radius 3 is 2.30 bits per heavy atom. The van der Waals surface area contributed by atoms with Crippen molar-refractivity contribution in [2.45, 2.75) is 83.7 Å². The molecule has 2 N–H and O–H groups in total. The van der Waals surface area contributed by atoms with E-state index in [1.54, 1.807) is 0 Å². The Morgan fingerprint density at radius 1 is 0.880 bits per heavy atom. The molecule has 50 heavy (non-hydrogen) atoms. The molecule has 0 radical (unpaired) electrons. The predicted molar refractivity (Wildman–Crippen MR) is 184 cm³/mol. The van der Waals surface area contributed by atoms with Gasteiger partial charge in [0, 0.05) is 24.1 Å². The number of anilines is 2. The van der Waals surface area contributed by atoms with Crippen LogP contribution < -0.4 is 15.4 Å². The summed E-state index contributed by atoms with van der Waals surface area (Å²) in [5.74, 6) is -0.234. The number of aromatic nitrogens is 1. The minimum absolute atomic E-state index is 0.0154. The third-order valence-corrected chi connectivity index (χ3v) is 11.1. The second-order valence-corrected chi connectivity index (χ2v) is 14.6. The number of carbonyl (C=O) groups is 2. The van der Waals surface area contributed by atoms with Crippen molar-refractivity contribution in [2.24, 2.45) is 23.7 Å². The van der Waals surface area contributed by atoms with Crippen LogP contribution in [0.3, 0.4) is 0 Å². The average Bonchev–Trinajstić information content (AvgIpc) is 3.47. The molecule has 2 amide bonds. The Labute approximate surface area is 291 Å². The van der Waals surface area contributed by atoms with E-state index in [0.29, 0.717) is 21.3 Å². The minimum atomic E-state index is -4.57. The van der Waals surface area contributed by atoms with Gasteiger partial charge >= 0.3 is 6.18 Å². The van der Waals surface area contributed by atoms with Crippen LogP contribution in [0.25, 0.3) is 10.2 Å². The largest absolute Gasteiger partial charge is 0.454 e. The summed E-state index contributed by atoms with van der Waals surface area (Å²) in [7, 11) is 0. The van der Waals surface area contributed by atoms with Crippen molar-refractivity contribution in [2.75, 3.05) is 10.6 Å². The zero-order valence-electron chi connectivity index (χ0n) is 27.8. The summed E-state index contributed by atoms with van der Waals surface area (Å²) in [6.45, 7) is 2.26. The van der Waals surface area contributed by atoms with E-state index in [9.17, 15) is 27.2 Å². The van der Waals surface area contributed by atoms with Crippen LogP contribution in [0.5, 0.6) is 11.5 Å². The van der Waals surface area contributed by atoms with Crippen LogP contribution in [-0.2, 0) is 22.2 Å². The highest BCUT2D eigenvalue weighted by molar-refractivity contribution is 7.22. The summed E-state index contributed by atoms with van der Waals surface area (Å²) < 4.78 is 75.0. The third kappa shape index (κ3) is 8.80. The lowest BCUT2D eigenvalue weighted by atomic mass is 9.68. The predicted octanol–water partition coefficient (Wildman–Crippen LogP) is 10.9. The molecule has 1 aromatic heterocycles. The van der Waals surface area contributed by atoms with Gasteiger partial charge in [-0.1, -0.05) is 62.1 Å². The number of carbonyl (C=O) groups excluding carboxylic acids is 2. The molecule has 2 aliphatic rings. The standard InChI is InChI=1S/C38H40F5N3O3S/c1-2-4-22-7-9-24(10-8-22)25-11-13-26(14-12-25)36(48)46-37-45-32-20-30(40)33(21-34(32)50-37)49-28-15-16-29(39)31(19-28)44-35(47)18-23-5-3-6-27(17-23)38(41,42)43/h3,5-6,15-17,19-22,24-26H,2,4,7-14,18H2,1H3,(H,44,47)(H,45,46,48). The first-order valence-electron chi connectivity index (χ1n) is 17.3. The number of hydrogen-bond acceptors (Lipinski definition) is 5. The van der Waals surface area contributed by atoms with Crippen LogP contribution in [0, 0.1) is 35.3 Å². The first-order valence-corrected chi connectivity index (χ1v) is 18.1. The Balaban J connectivity index is 1.05. The topological polar surface area (TPSA) is 80.3 Å². The Kier molecular flexibility index (Phi) is 11.0. The molecule has 0 aliphatic heterocycles. The normalized spacial score (nSPS) is 21.2. The molecule has 0 spiro atoms. The molecule has 0 saturated heterocycles. The number of thiazole rings is 1. The lowest BCUT2D eigenvalue weighted by molar-refractivity contribution is -0.137. The number of rotatable bonds is 10. The lowest BCUT2D eigenvalue weighted by Gasteiger charge is -2.37. The summed E-state index contributed by atoms with van der Waals surface area (Å²) >= 11 is 1.19. The molecule has 1 heterocycles. The minimum Gasteiger partial charge on any atom is -0.454 e. The molecule has 2 aliphatic carbocycles. The van der Waals surface area contributed by atoms with Crippen LogP contribution in [0.15, 0.2) is 54.6 Å². The fraction of sp³-hybridized carbons (Fsp3) is 0.447. The molecule has 0 bridgehead atoms. The summed E-state index contributed by atoms with van der Waals surface area (Å²) in [6, 6.07) is 10.4. The number of hydrogen-bond donors (Lipinski definition) is 2. The summed E-state index contributed by atoms with van der Waals surface area (Å²) in [5, 5.41) is 5.64. The molecule has 2 saturated carbocycles. The van der Waals surface area contributed by atoms with E-state index in [0.717, 1.165) is 61.8 Å². The quantitative estimate of drug-likeness (QED) is 0.160. The molecule has 6 nitrogen and oxygen atoms in total. The van der Waals surface area contributed by atoms with Crippen molar-refractivity contribution in [1.29, 1.82) is 0 Å². The number of fused-ring (bicyclic) bond motifs is 1. The molecule has 3 aromatic carbocycles. The molecule has 4 aromatic rings. The third-order valence-electron chi connectivity index (χ3n) is 10.1. The van der Waals surface area contributed by atoms with E-state index >= 15 is 4.39 Å². The van der Waals surface area contributed by atoms with Crippen LogP contribution in [0.2, 0.25) is 0 Å². The van der Waals surface area contributed by atoms with Gasteiger partial charge in [0.25, 0.3) is 0 Å². The second-order valence-electron chi connectivity index (χ2n) is 13.6. The monoisotopic (exact) mass is 713 g/mol. The number of ether oxygens (including phenoxy) is 1. The molecule has 0 atom stereocenters. The van der Waals surface area contributed by atoms with E-state index in [-0.39, 0.29) is 34.6 Å². The lowest BCUT2D eigenvalue weighted by Crippen LogP contribution is -2.30. The van der Waals surface area contributed by atoms with Gasteiger partial charge in [-0.05, 0) is 80.0 Å². The zero-order valence-corrected chi connectivity index (χ0v) is 28.6.